The first-order valence-electron chi connectivity index (χ1n) is 6.06. The van der Waals surface area contributed by atoms with Gasteiger partial charge in [-0.05, 0) is 49.9 Å². The van der Waals surface area contributed by atoms with Crippen molar-refractivity contribution in [3.63, 3.8) is 0 Å². The van der Waals surface area contributed by atoms with Gasteiger partial charge in [-0.1, -0.05) is 13.0 Å². The molecule has 0 heterocycles. The number of hydrogen-bond donors (Lipinski definition) is 1. The summed E-state index contributed by atoms with van der Waals surface area (Å²) in [5.74, 6) is 0.452. The van der Waals surface area contributed by atoms with Crippen molar-refractivity contribution in [1.29, 1.82) is 0 Å². The van der Waals surface area contributed by atoms with Gasteiger partial charge >= 0.3 is 0 Å². The lowest BCUT2D eigenvalue weighted by molar-refractivity contribution is 0.531. The van der Waals surface area contributed by atoms with Crippen molar-refractivity contribution in [1.82, 2.24) is 4.72 Å². The number of nitrogens with one attached hydrogen (secondary N) is 1. The minimum absolute atomic E-state index is 0.103. The van der Waals surface area contributed by atoms with Gasteiger partial charge in [0.15, 0.2) is 0 Å². The van der Waals surface area contributed by atoms with Crippen molar-refractivity contribution in [3.8, 4) is 0 Å². The van der Waals surface area contributed by atoms with Gasteiger partial charge in [0.2, 0.25) is 10.0 Å². The number of benzene rings is 1. The number of halogens is 1. The summed E-state index contributed by atoms with van der Waals surface area (Å²) in [6.07, 6.45) is 1.37. The Morgan fingerprint density at radius 3 is 2.44 bits per heavy atom. The number of hydrogen-bond acceptors (Lipinski definition) is 2. The highest BCUT2D eigenvalue weighted by atomic mass is 35.5. The van der Waals surface area contributed by atoms with Gasteiger partial charge in [-0.2, -0.15) is 0 Å². The first-order valence-corrected chi connectivity index (χ1v) is 8.08. The van der Waals surface area contributed by atoms with Gasteiger partial charge in [-0.15, -0.1) is 11.6 Å². The van der Waals surface area contributed by atoms with Gasteiger partial charge in [0, 0.05) is 11.9 Å². The molecule has 1 unspecified atom stereocenters. The molecule has 0 fully saturated rings. The van der Waals surface area contributed by atoms with E-state index in [2.05, 4.69) is 4.72 Å². The lowest BCUT2D eigenvalue weighted by Crippen LogP contribution is -2.34. The van der Waals surface area contributed by atoms with E-state index in [1.807, 2.05) is 26.8 Å². The van der Waals surface area contributed by atoms with Crippen LogP contribution in [0.2, 0.25) is 0 Å². The maximum absolute atomic E-state index is 12.2. The Hall–Kier alpha value is -0.580. The van der Waals surface area contributed by atoms with E-state index < -0.39 is 10.0 Å². The minimum atomic E-state index is -3.44. The fourth-order valence-electron chi connectivity index (χ4n) is 1.65. The van der Waals surface area contributed by atoms with Crippen LogP contribution in [0.5, 0.6) is 0 Å². The average molecular weight is 290 g/mol. The Kier molecular flexibility index (Phi) is 5.63. The number of aryl methyl sites for hydroxylation is 2. The summed E-state index contributed by atoms with van der Waals surface area (Å²) in [6, 6.07) is 5.06. The van der Waals surface area contributed by atoms with Crippen LogP contribution in [-0.4, -0.2) is 20.3 Å². The Morgan fingerprint density at radius 2 is 1.94 bits per heavy atom. The van der Waals surface area contributed by atoms with E-state index in [-0.39, 0.29) is 6.04 Å². The van der Waals surface area contributed by atoms with Crippen LogP contribution in [0.1, 0.15) is 30.9 Å². The quantitative estimate of drug-likeness (QED) is 0.818. The van der Waals surface area contributed by atoms with Crippen LogP contribution < -0.4 is 4.72 Å². The zero-order valence-electron chi connectivity index (χ0n) is 11.0. The second-order valence-electron chi connectivity index (χ2n) is 4.45. The lowest BCUT2D eigenvalue weighted by atomic mass is 10.1. The van der Waals surface area contributed by atoms with E-state index in [0.29, 0.717) is 17.2 Å². The minimum Gasteiger partial charge on any atom is -0.208 e. The fraction of sp³-hybridized carbons (Fsp3) is 0.538. The molecular formula is C13H20ClNO2S. The zero-order valence-corrected chi connectivity index (χ0v) is 12.6. The highest BCUT2D eigenvalue weighted by Crippen LogP contribution is 2.16. The number of rotatable bonds is 6. The molecule has 0 aliphatic carbocycles. The van der Waals surface area contributed by atoms with Gasteiger partial charge in [0.05, 0.1) is 4.90 Å². The number of sulfonamides is 1. The highest BCUT2D eigenvalue weighted by Gasteiger charge is 2.18. The van der Waals surface area contributed by atoms with Crippen LogP contribution in [0, 0.1) is 13.8 Å². The molecule has 0 radical (unpaired) electrons. The molecule has 1 aromatic rings. The van der Waals surface area contributed by atoms with Crippen molar-refractivity contribution in [3.05, 3.63) is 29.3 Å². The Morgan fingerprint density at radius 1 is 1.28 bits per heavy atom. The van der Waals surface area contributed by atoms with E-state index in [0.717, 1.165) is 17.5 Å². The smallest absolute Gasteiger partial charge is 0.208 e. The molecule has 0 amide bonds. The zero-order chi connectivity index (χ0) is 13.8. The van der Waals surface area contributed by atoms with Crippen molar-refractivity contribution in [2.75, 3.05) is 5.88 Å². The van der Waals surface area contributed by atoms with E-state index in [9.17, 15) is 8.42 Å². The SMILES string of the molecule is CCC(CCCl)NS(=O)(=O)c1ccc(C)c(C)c1. The molecule has 1 aromatic carbocycles. The van der Waals surface area contributed by atoms with Crippen molar-refractivity contribution in [2.45, 2.75) is 44.6 Å². The molecule has 0 saturated carbocycles. The third-order valence-electron chi connectivity index (χ3n) is 3.06. The first-order chi connectivity index (χ1) is 8.40. The summed E-state index contributed by atoms with van der Waals surface area (Å²) >= 11 is 5.66. The van der Waals surface area contributed by atoms with Crippen LogP contribution in [0.3, 0.4) is 0 Å². The standard InChI is InChI=1S/C13H20ClNO2S/c1-4-12(7-8-14)15-18(16,17)13-6-5-10(2)11(3)9-13/h5-6,9,12,15H,4,7-8H2,1-3H3. The molecule has 1 atom stereocenters. The van der Waals surface area contributed by atoms with Gasteiger partial charge in [0.25, 0.3) is 0 Å². The average Bonchev–Trinajstić information content (AvgIpc) is 2.31. The molecule has 5 heteroatoms. The molecule has 0 spiro atoms. The topological polar surface area (TPSA) is 46.2 Å². The third kappa shape index (κ3) is 3.97. The van der Waals surface area contributed by atoms with E-state index in [4.69, 9.17) is 11.6 Å². The summed E-state index contributed by atoms with van der Waals surface area (Å²) in [5.41, 5.74) is 2.06. The van der Waals surface area contributed by atoms with E-state index in [1.54, 1.807) is 12.1 Å². The maximum Gasteiger partial charge on any atom is 0.240 e. The molecule has 102 valence electrons. The van der Waals surface area contributed by atoms with Crippen LogP contribution in [0.25, 0.3) is 0 Å². The molecule has 0 saturated heterocycles. The molecule has 1 N–H and O–H groups in total. The lowest BCUT2D eigenvalue weighted by Gasteiger charge is -2.16. The summed E-state index contributed by atoms with van der Waals surface area (Å²) in [5, 5.41) is 0. The van der Waals surface area contributed by atoms with Crippen molar-refractivity contribution < 1.29 is 8.42 Å². The second kappa shape index (κ2) is 6.55. The van der Waals surface area contributed by atoms with Crippen molar-refractivity contribution >= 4 is 21.6 Å². The van der Waals surface area contributed by atoms with Gasteiger partial charge in [0.1, 0.15) is 0 Å². The third-order valence-corrected chi connectivity index (χ3v) is 4.80. The summed E-state index contributed by atoms with van der Waals surface area (Å²) < 4.78 is 27.1. The molecule has 0 bridgehead atoms. The molecule has 0 aliphatic heterocycles. The van der Waals surface area contributed by atoms with Gasteiger partial charge in [-0.3, -0.25) is 0 Å². The van der Waals surface area contributed by atoms with Crippen LogP contribution >= 0.6 is 11.6 Å². The summed E-state index contributed by atoms with van der Waals surface area (Å²) in [4.78, 5) is 0.318. The van der Waals surface area contributed by atoms with Gasteiger partial charge in [-0.25, -0.2) is 13.1 Å². The normalized spacial score (nSPS) is 13.6. The molecule has 18 heavy (non-hydrogen) atoms. The monoisotopic (exact) mass is 289 g/mol. The predicted octanol–water partition coefficient (Wildman–Crippen LogP) is 2.99. The van der Waals surface area contributed by atoms with E-state index in [1.165, 1.54) is 0 Å². The van der Waals surface area contributed by atoms with E-state index >= 15 is 0 Å². The summed E-state index contributed by atoms with van der Waals surface area (Å²) in [6.45, 7) is 5.81. The molecule has 1 rings (SSSR count). The van der Waals surface area contributed by atoms with Crippen LogP contribution in [0.4, 0.5) is 0 Å². The van der Waals surface area contributed by atoms with Crippen molar-refractivity contribution in [2.24, 2.45) is 0 Å². The maximum atomic E-state index is 12.2. The number of alkyl halides is 1. The van der Waals surface area contributed by atoms with Gasteiger partial charge < -0.3 is 0 Å². The second-order valence-corrected chi connectivity index (χ2v) is 6.54. The highest BCUT2D eigenvalue weighted by molar-refractivity contribution is 7.89. The summed E-state index contributed by atoms with van der Waals surface area (Å²) in [7, 11) is -3.44. The van der Waals surface area contributed by atoms with Crippen LogP contribution in [0.15, 0.2) is 23.1 Å². The fourth-order valence-corrected chi connectivity index (χ4v) is 3.35. The Bertz CT molecular complexity index is 500. The molecule has 0 aliphatic rings. The predicted molar refractivity (Wildman–Crippen MR) is 75.7 cm³/mol. The molecular weight excluding hydrogens is 270 g/mol. The Labute approximate surface area is 115 Å². The molecule has 0 aromatic heterocycles. The Balaban J connectivity index is 2.95. The largest absolute Gasteiger partial charge is 0.240 e. The first kappa shape index (κ1) is 15.5. The van der Waals surface area contributed by atoms with Crippen LogP contribution in [-0.2, 0) is 10.0 Å². The molecule has 3 nitrogen and oxygen atoms in total.